The normalized spacial score (nSPS) is 18.6. The van der Waals surface area contributed by atoms with Crippen molar-refractivity contribution in [1.29, 1.82) is 0 Å². The van der Waals surface area contributed by atoms with E-state index >= 15 is 0 Å². The second-order valence-corrected chi connectivity index (χ2v) is 4.47. The molecule has 7 nitrogen and oxygen atoms in total. The minimum Gasteiger partial charge on any atom is -0.481 e. The third kappa shape index (κ3) is 3.45. The van der Waals surface area contributed by atoms with Gasteiger partial charge in [0, 0.05) is 19.3 Å². The molecule has 1 fully saturated rings. The Balaban J connectivity index is 1.95. The highest BCUT2D eigenvalue weighted by Crippen LogP contribution is 2.15. The van der Waals surface area contributed by atoms with Gasteiger partial charge in [-0.05, 0) is 19.1 Å². The Morgan fingerprint density at radius 1 is 1.60 bits per heavy atom. The summed E-state index contributed by atoms with van der Waals surface area (Å²) in [5, 5.41) is 8.96. The van der Waals surface area contributed by atoms with Crippen LogP contribution in [0.5, 0.6) is 5.75 Å². The molecule has 7 heteroatoms. The molecule has 1 aromatic rings. The quantitative estimate of drug-likeness (QED) is 0.859. The number of pyridine rings is 1. The summed E-state index contributed by atoms with van der Waals surface area (Å²) >= 11 is 0. The van der Waals surface area contributed by atoms with Gasteiger partial charge in [-0.1, -0.05) is 0 Å². The van der Waals surface area contributed by atoms with Gasteiger partial charge in [0.1, 0.15) is 0 Å². The van der Waals surface area contributed by atoms with E-state index in [-0.39, 0.29) is 30.1 Å². The van der Waals surface area contributed by atoms with Gasteiger partial charge in [-0.3, -0.25) is 4.79 Å². The zero-order valence-electron chi connectivity index (χ0n) is 11.1. The molecule has 0 aliphatic carbocycles. The molecule has 2 rings (SSSR count). The molecule has 108 valence electrons. The first-order chi connectivity index (χ1) is 9.58. The predicted octanol–water partition coefficient (Wildman–Crippen LogP) is 0.406. The Labute approximate surface area is 116 Å². The van der Waals surface area contributed by atoms with Gasteiger partial charge >= 0.3 is 5.97 Å². The molecule has 1 amide bonds. The fraction of sp³-hybridized carbons (Fsp3) is 0.462. The number of carboxylic acid groups (broad SMARTS) is 1. The average molecular weight is 280 g/mol. The van der Waals surface area contributed by atoms with Crippen LogP contribution < -0.4 is 4.74 Å². The van der Waals surface area contributed by atoms with Crippen molar-refractivity contribution in [2.24, 2.45) is 0 Å². The molecule has 0 spiro atoms. The van der Waals surface area contributed by atoms with Crippen LogP contribution in [0.25, 0.3) is 0 Å². The van der Waals surface area contributed by atoms with Crippen molar-refractivity contribution in [3.8, 4) is 5.75 Å². The summed E-state index contributed by atoms with van der Waals surface area (Å²) < 4.78 is 10.6. The first-order valence-electron chi connectivity index (χ1n) is 6.28. The monoisotopic (exact) mass is 280 g/mol. The lowest BCUT2D eigenvalue weighted by molar-refractivity contribution is -0.140. The number of ether oxygens (including phenoxy) is 2. The van der Waals surface area contributed by atoms with E-state index in [4.69, 9.17) is 14.6 Å². The summed E-state index contributed by atoms with van der Waals surface area (Å²) in [6.07, 6.45) is 1.36. The lowest BCUT2D eigenvalue weighted by Gasteiger charge is -2.31. The number of amides is 1. The number of hydrogen-bond donors (Lipinski definition) is 1. The van der Waals surface area contributed by atoms with Crippen molar-refractivity contribution in [1.82, 2.24) is 9.88 Å². The standard InChI is InChI=1S/C13H16N2O5/c1-9-7-15(5-6-19-9)11(16)8-20-10-3-2-4-14-12(10)13(17)18/h2-4,9H,5-8H2,1H3,(H,17,18). The van der Waals surface area contributed by atoms with Gasteiger partial charge in [0.2, 0.25) is 0 Å². The Hall–Kier alpha value is -2.15. The van der Waals surface area contributed by atoms with Crippen LogP contribution in [0.2, 0.25) is 0 Å². The summed E-state index contributed by atoms with van der Waals surface area (Å²) in [5.41, 5.74) is -0.198. The van der Waals surface area contributed by atoms with Crippen LogP contribution in [-0.2, 0) is 9.53 Å². The van der Waals surface area contributed by atoms with Crippen LogP contribution in [0.3, 0.4) is 0 Å². The van der Waals surface area contributed by atoms with E-state index in [2.05, 4.69) is 4.98 Å². The molecule has 0 bridgehead atoms. The Kier molecular flexibility index (Phi) is 4.52. The number of rotatable bonds is 4. The highest BCUT2D eigenvalue weighted by molar-refractivity contribution is 5.88. The first-order valence-corrected chi connectivity index (χ1v) is 6.28. The Morgan fingerprint density at radius 3 is 3.10 bits per heavy atom. The van der Waals surface area contributed by atoms with Gasteiger partial charge in [-0.25, -0.2) is 9.78 Å². The molecular formula is C13H16N2O5. The molecule has 1 aliphatic heterocycles. The molecular weight excluding hydrogens is 264 g/mol. The summed E-state index contributed by atoms with van der Waals surface area (Å²) in [5.74, 6) is -1.29. The maximum Gasteiger partial charge on any atom is 0.358 e. The van der Waals surface area contributed by atoms with Crippen LogP contribution in [0.15, 0.2) is 18.3 Å². The third-order valence-electron chi connectivity index (χ3n) is 2.92. The SMILES string of the molecule is CC1CN(C(=O)COc2cccnc2C(=O)O)CCO1. The van der Waals surface area contributed by atoms with E-state index in [0.717, 1.165) is 0 Å². The molecule has 0 saturated carbocycles. The van der Waals surface area contributed by atoms with Crippen molar-refractivity contribution < 1.29 is 24.2 Å². The number of carbonyl (C=O) groups is 2. The molecule has 1 unspecified atom stereocenters. The summed E-state index contributed by atoms with van der Waals surface area (Å²) in [4.78, 5) is 28.3. The number of nitrogens with zero attached hydrogens (tertiary/aromatic N) is 2. The summed E-state index contributed by atoms with van der Waals surface area (Å²) in [6.45, 7) is 3.22. The third-order valence-corrected chi connectivity index (χ3v) is 2.92. The Bertz CT molecular complexity index is 505. The molecule has 1 atom stereocenters. The average Bonchev–Trinajstić information content (AvgIpc) is 2.45. The maximum atomic E-state index is 12.0. The molecule has 1 aliphatic rings. The van der Waals surface area contributed by atoms with E-state index in [1.165, 1.54) is 12.3 Å². The molecule has 0 radical (unpaired) electrons. The highest BCUT2D eigenvalue weighted by Gasteiger charge is 2.22. The fourth-order valence-corrected chi connectivity index (χ4v) is 1.94. The molecule has 1 saturated heterocycles. The van der Waals surface area contributed by atoms with Crippen molar-refractivity contribution in [3.05, 3.63) is 24.0 Å². The number of aromatic nitrogens is 1. The van der Waals surface area contributed by atoms with Crippen LogP contribution in [-0.4, -0.2) is 59.3 Å². The Morgan fingerprint density at radius 2 is 2.40 bits per heavy atom. The zero-order chi connectivity index (χ0) is 14.5. The van der Waals surface area contributed by atoms with E-state index in [1.54, 1.807) is 11.0 Å². The van der Waals surface area contributed by atoms with Gasteiger partial charge in [0.25, 0.3) is 5.91 Å². The minimum atomic E-state index is -1.19. The summed E-state index contributed by atoms with van der Waals surface area (Å²) in [6, 6.07) is 3.04. The second-order valence-electron chi connectivity index (χ2n) is 4.47. The number of carbonyl (C=O) groups excluding carboxylic acids is 1. The molecule has 1 N–H and O–H groups in total. The van der Waals surface area contributed by atoms with Gasteiger partial charge in [-0.15, -0.1) is 0 Å². The minimum absolute atomic E-state index is 0.000623. The van der Waals surface area contributed by atoms with Crippen LogP contribution in [0, 0.1) is 0 Å². The predicted molar refractivity (Wildman–Crippen MR) is 68.7 cm³/mol. The van der Waals surface area contributed by atoms with Crippen LogP contribution >= 0.6 is 0 Å². The first kappa shape index (κ1) is 14.3. The van der Waals surface area contributed by atoms with E-state index in [1.807, 2.05) is 6.92 Å². The van der Waals surface area contributed by atoms with Crippen LogP contribution in [0.1, 0.15) is 17.4 Å². The van der Waals surface area contributed by atoms with Gasteiger partial charge in [0.15, 0.2) is 18.1 Å². The second kappa shape index (κ2) is 6.33. The molecule has 20 heavy (non-hydrogen) atoms. The van der Waals surface area contributed by atoms with Gasteiger partial charge < -0.3 is 19.5 Å². The van der Waals surface area contributed by atoms with Crippen LogP contribution in [0.4, 0.5) is 0 Å². The van der Waals surface area contributed by atoms with Crippen molar-refractivity contribution in [2.45, 2.75) is 13.0 Å². The number of morpholine rings is 1. The molecule has 1 aromatic heterocycles. The van der Waals surface area contributed by atoms with Crippen molar-refractivity contribution in [3.63, 3.8) is 0 Å². The van der Waals surface area contributed by atoms with E-state index in [0.29, 0.717) is 19.7 Å². The lowest BCUT2D eigenvalue weighted by Crippen LogP contribution is -2.46. The fourth-order valence-electron chi connectivity index (χ4n) is 1.94. The number of carboxylic acids is 1. The van der Waals surface area contributed by atoms with E-state index in [9.17, 15) is 9.59 Å². The number of aromatic carboxylic acids is 1. The van der Waals surface area contributed by atoms with E-state index < -0.39 is 5.97 Å². The lowest BCUT2D eigenvalue weighted by atomic mass is 10.3. The molecule has 0 aromatic carbocycles. The summed E-state index contributed by atoms with van der Waals surface area (Å²) in [7, 11) is 0. The number of hydrogen-bond acceptors (Lipinski definition) is 5. The highest BCUT2D eigenvalue weighted by atomic mass is 16.5. The molecule has 2 heterocycles. The smallest absolute Gasteiger partial charge is 0.358 e. The van der Waals surface area contributed by atoms with Crippen molar-refractivity contribution in [2.75, 3.05) is 26.3 Å². The van der Waals surface area contributed by atoms with Crippen molar-refractivity contribution >= 4 is 11.9 Å². The maximum absolute atomic E-state index is 12.0. The van der Waals surface area contributed by atoms with Gasteiger partial charge in [-0.2, -0.15) is 0 Å². The van der Waals surface area contributed by atoms with Gasteiger partial charge in [0.05, 0.1) is 12.7 Å². The zero-order valence-corrected chi connectivity index (χ0v) is 11.1. The topological polar surface area (TPSA) is 89.0 Å². The largest absolute Gasteiger partial charge is 0.481 e.